The highest BCUT2D eigenvalue weighted by molar-refractivity contribution is 6.30. The van der Waals surface area contributed by atoms with E-state index in [-0.39, 0.29) is 11.4 Å². The standard InChI is InChI=1S/C26H21ClF3N5O2/c27-18-4-6-19(7-5-18)31-14-16-2-9-23(32-15-26(28,29)30)33-24(36)20(12-16)17-3-8-22-21(13-17)25-35(34-22)10-1-11-37-25/h2-9,12-14,31H,1,10-11,15H2,(H,32,33,36)/b9-2+,16-14-,20-12-. The molecule has 2 aliphatic rings. The molecule has 0 aliphatic carbocycles. The number of rotatable bonds is 4. The molecule has 5 rings (SSSR count). The number of ether oxygens (including phenoxy) is 1. The van der Waals surface area contributed by atoms with Gasteiger partial charge >= 0.3 is 6.18 Å². The summed E-state index contributed by atoms with van der Waals surface area (Å²) in [4.78, 5) is 17.1. The molecule has 0 spiro atoms. The van der Waals surface area contributed by atoms with Gasteiger partial charge in [0.25, 0.3) is 5.91 Å². The highest BCUT2D eigenvalue weighted by atomic mass is 35.5. The number of fused-ring (bicyclic) bond motifs is 3. The van der Waals surface area contributed by atoms with Gasteiger partial charge < -0.3 is 15.4 Å². The van der Waals surface area contributed by atoms with E-state index in [4.69, 9.17) is 16.3 Å². The van der Waals surface area contributed by atoms with Crippen molar-refractivity contribution in [3.05, 3.63) is 83.1 Å². The largest absolute Gasteiger partial charge is 0.477 e. The average Bonchev–Trinajstić information content (AvgIpc) is 3.23. The molecule has 2 aromatic carbocycles. The van der Waals surface area contributed by atoms with Gasteiger partial charge in [0.2, 0.25) is 5.88 Å². The van der Waals surface area contributed by atoms with E-state index >= 15 is 0 Å². The number of carbonyl (C=O) groups is 1. The number of aromatic nitrogens is 2. The fourth-order valence-electron chi connectivity index (χ4n) is 3.92. The molecule has 0 bridgehead atoms. The molecule has 1 amide bonds. The maximum atomic E-state index is 13.2. The van der Waals surface area contributed by atoms with Crippen LogP contribution in [0.2, 0.25) is 5.02 Å². The lowest BCUT2D eigenvalue weighted by molar-refractivity contribution is -0.122. The molecule has 1 aromatic heterocycles. The van der Waals surface area contributed by atoms with Gasteiger partial charge in [-0.05, 0) is 65.8 Å². The van der Waals surface area contributed by atoms with Gasteiger partial charge in [-0.1, -0.05) is 17.7 Å². The molecule has 190 valence electrons. The van der Waals surface area contributed by atoms with Crippen LogP contribution in [0.3, 0.4) is 0 Å². The summed E-state index contributed by atoms with van der Waals surface area (Å²) in [5, 5.41) is 11.2. The van der Waals surface area contributed by atoms with Crippen molar-refractivity contribution in [2.45, 2.75) is 19.1 Å². The van der Waals surface area contributed by atoms with Crippen LogP contribution in [0.1, 0.15) is 12.0 Å². The summed E-state index contributed by atoms with van der Waals surface area (Å²) in [5.41, 5.74) is 2.73. The number of aryl methyl sites for hydroxylation is 1. The maximum Gasteiger partial charge on any atom is 0.405 e. The van der Waals surface area contributed by atoms with E-state index in [1.54, 1.807) is 65.5 Å². The first kappa shape index (κ1) is 24.6. The van der Waals surface area contributed by atoms with Crippen molar-refractivity contribution in [1.82, 2.24) is 15.1 Å². The summed E-state index contributed by atoms with van der Waals surface area (Å²) in [7, 11) is 0. The number of hydrogen-bond acceptors (Lipinski definition) is 5. The summed E-state index contributed by atoms with van der Waals surface area (Å²) in [6, 6.07) is 12.3. The summed E-state index contributed by atoms with van der Waals surface area (Å²) in [6.07, 6.45) is 2.55. The first-order valence-corrected chi connectivity index (χ1v) is 11.8. The van der Waals surface area contributed by atoms with Crippen molar-refractivity contribution in [3.63, 3.8) is 0 Å². The second kappa shape index (κ2) is 10.1. The van der Waals surface area contributed by atoms with E-state index in [0.29, 0.717) is 28.6 Å². The molecule has 2 N–H and O–H groups in total. The lowest BCUT2D eigenvalue weighted by Gasteiger charge is -2.15. The van der Waals surface area contributed by atoms with Crippen LogP contribution in [0.5, 0.6) is 5.88 Å². The van der Waals surface area contributed by atoms with Crippen molar-refractivity contribution in [3.8, 4) is 5.88 Å². The number of nitrogens with zero attached hydrogens (tertiary/aromatic N) is 3. The molecule has 0 unspecified atom stereocenters. The Morgan fingerprint density at radius 1 is 1.14 bits per heavy atom. The Morgan fingerprint density at radius 3 is 2.73 bits per heavy atom. The number of allylic oxidation sites excluding steroid dienone is 3. The molecule has 0 radical (unpaired) electrons. The van der Waals surface area contributed by atoms with Crippen LogP contribution in [-0.2, 0) is 11.3 Å². The van der Waals surface area contributed by atoms with Gasteiger partial charge in [0.15, 0.2) is 0 Å². The lowest BCUT2D eigenvalue weighted by atomic mass is 10.00. The Morgan fingerprint density at radius 2 is 1.95 bits per heavy atom. The number of carbonyl (C=O) groups excluding carboxylic acids is 1. The van der Waals surface area contributed by atoms with Crippen LogP contribution in [0.15, 0.2) is 77.5 Å². The lowest BCUT2D eigenvalue weighted by Crippen LogP contribution is -2.33. The van der Waals surface area contributed by atoms with Crippen molar-refractivity contribution >= 4 is 45.5 Å². The smallest absolute Gasteiger partial charge is 0.405 e. The first-order valence-electron chi connectivity index (χ1n) is 11.4. The van der Waals surface area contributed by atoms with Crippen LogP contribution in [0, 0.1) is 0 Å². The summed E-state index contributed by atoms with van der Waals surface area (Å²) >= 11 is 5.94. The molecule has 3 aromatic rings. The molecule has 0 saturated carbocycles. The van der Waals surface area contributed by atoms with Crippen LogP contribution in [0.25, 0.3) is 16.5 Å². The minimum Gasteiger partial charge on any atom is -0.477 e. The quantitative estimate of drug-likeness (QED) is 0.468. The Kier molecular flexibility index (Phi) is 6.75. The van der Waals surface area contributed by atoms with Gasteiger partial charge in [0.1, 0.15) is 12.4 Å². The fourth-order valence-corrected chi connectivity index (χ4v) is 4.05. The Balaban J connectivity index is 1.54. The number of alkyl halides is 3. The van der Waals surface area contributed by atoms with E-state index in [0.717, 1.165) is 29.6 Å². The van der Waals surface area contributed by atoms with Crippen molar-refractivity contribution in [2.75, 3.05) is 18.5 Å². The molecule has 7 nitrogen and oxygen atoms in total. The molecule has 37 heavy (non-hydrogen) atoms. The second-order valence-electron chi connectivity index (χ2n) is 8.42. The number of benzene rings is 2. The summed E-state index contributed by atoms with van der Waals surface area (Å²) in [6.45, 7) is -0.0246. The summed E-state index contributed by atoms with van der Waals surface area (Å²) < 4.78 is 46.0. The van der Waals surface area contributed by atoms with Crippen molar-refractivity contribution in [2.24, 2.45) is 4.99 Å². The predicted octanol–water partition coefficient (Wildman–Crippen LogP) is 5.50. The average molecular weight is 528 g/mol. The summed E-state index contributed by atoms with van der Waals surface area (Å²) in [5.74, 6) is -0.261. The second-order valence-corrected chi connectivity index (χ2v) is 8.86. The molecule has 0 fully saturated rings. The first-order chi connectivity index (χ1) is 17.7. The van der Waals surface area contributed by atoms with E-state index in [2.05, 4.69) is 20.7 Å². The maximum absolute atomic E-state index is 13.2. The van der Waals surface area contributed by atoms with Crippen LogP contribution >= 0.6 is 11.6 Å². The third kappa shape index (κ3) is 5.86. The molecule has 2 aliphatic heterocycles. The van der Waals surface area contributed by atoms with Gasteiger partial charge in [0, 0.05) is 35.4 Å². The Labute approximate surface area is 215 Å². The van der Waals surface area contributed by atoms with Gasteiger partial charge in [-0.15, -0.1) is 0 Å². The van der Waals surface area contributed by atoms with Crippen LogP contribution in [0.4, 0.5) is 18.9 Å². The normalized spacial score (nSPS) is 20.6. The van der Waals surface area contributed by atoms with Gasteiger partial charge in [-0.3, -0.25) is 4.79 Å². The number of nitrogens with one attached hydrogen (secondary N) is 2. The Hall–Kier alpha value is -4.05. The minimum atomic E-state index is -4.47. The zero-order chi connectivity index (χ0) is 26.0. The highest BCUT2D eigenvalue weighted by Crippen LogP contribution is 2.32. The molecule has 3 heterocycles. The number of amides is 1. The van der Waals surface area contributed by atoms with Crippen molar-refractivity contribution in [1.29, 1.82) is 0 Å². The Bertz CT molecular complexity index is 1470. The molecular formula is C26H21ClF3N5O2. The van der Waals surface area contributed by atoms with Crippen LogP contribution < -0.4 is 15.4 Å². The number of anilines is 1. The zero-order valence-corrected chi connectivity index (χ0v) is 20.1. The molecule has 0 saturated heterocycles. The number of aliphatic imine (C=N–C) groups is 1. The SMILES string of the molecule is O=C1\N=C(NCC(F)(F)F)/C=C/C(=C/Nc2ccc(Cl)cc2)/C=C\1c1ccc2nn3c(c2c1)OCCC3. The predicted molar refractivity (Wildman–Crippen MR) is 137 cm³/mol. The molecule has 0 atom stereocenters. The number of hydrogen-bond donors (Lipinski definition) is 2. The van der Waals surface area contributed by atoms with Gasteiger partial charge in [0.05, 0.1) is 17.5 Å². The molecular weight excluding hydrogens is 507 g/mol. The zero-order valence-electron chi connectivity index (χ0n) is 19.3. The third-order valence-corrected chi connectivity index (χ3v) is 5.92. The van der Waals surface area contributed by atoms with Crippen molar-refractivity contribution < 1.29 is 22.7 Å². The number of amidine groups is 1. The van der Waals surface area contributed by atoms with E-state index < -0.39 is 18.6 Å². The monoisotopic (exact) mass is 527 g/mol. The topological polar surface area (TPSA) is 80.5 Å². The van der Waals surface area contributed by atoms with E-state index in [1.807, 2.05) is 0 Å². The number of halogens is 4. The molecule has 11 heteroatoms. The fraction of sp³-hybridized carbons (Fsp3) is 0.192. The minimum absolute atomic E-state index is 0.197. The van der Waals surface area contributed by atoms with E-state index in [1.165, 1.54) is 6.08 Å². The van der Waals surface area contributed by atoms with Crippen LogP contribution in [-0.4, -0.2) is 40.9 Å². The highest BCUT2D eigenvalue weighted by Gasteiger charge is 2.27. The third-order valence-electron chi connectivity index (χ3n) is 5.67. The van der Waals surface area contributed by atoms with Gasteiger partial charge in [-0.2, -0.15) is 23.3 Å². The van der Waals surface area contributed by atoms with E-state index in [9.17, 15) is 18.0 Å². The van der Waals surface area contributed by atoms with Gasteiger partial charge in [-0.25, -0.2) is 4.68 Å².